The highest BCUT2D eigenvalue weighted by atomic mass is 16.1. The first-order chi connectivity index (χ1) is 12.7. The minimum Gasteiger partial charge on any atom is -0.293 e. The second kappa shape index (κ2) is 6.93. The summed E-state index contributed by atoms with van der Waals surface area (Å²) in [5.74, 6) is -0.288. The quantitative estimate of drug-likeness (QED) is 0.456. The lowest BCUT2D eigenvalue weighted by atomic mass is 9.83. The van der Waals surface area contributed by atoms with Crippen LogP contribution in [0.15, 0.2) is 91.1 Å². The van der Waals surface area contributed by atoms with E-state index in [-0.39, 0.29) is 11.7 Å². The zero-order valence-electron chi connectivity index (χ0n) is 14.6. The fourth-order valence-electron chi connectivity index (χ4n) is 3.41. The number of carbonyl (C=O) groups excluding carboxylic acids is 1. The molecule has 0 fully saturated rings. The van der Waals surface area contributed by atoms with Gasteiger partial charge in [0.1, 0.15) is 0 Å². The van der Waals surface area contributed by atoms with Gasteiger partial charge in [0.25, 0.3) is 0 Å². The van der Waals surface area contributed by atoms with E-state index >= 15 is 0 Å². The largest absolute Gasteiger partial charge is 0.293 e. The predicted octanol–water partition coefficient (Wildman–Crippen LogP) is 5.56. The van der Waals surface area contributed by atoms with Crippen molar-refractivity contribution in [1.29, 1.82) is 0 Å². The van der Waals surface area contributed by atoms with E-state index in [4.69, 9.17) is 0 Å². The summed E-state index contributed by atoms with van der Waals surface area (Å²) in [6.07, 6.45) is 1.86. The van der Waals surface area contributed by atoms with Gasteiger partial charge in [-0.15, -0.1) is 0 Å². The SMILES string of the molecule is Cc1cnc2c(C(C(=O)c3ccccc3)c3ccccc3)cccc2c1. The monoisotopic (exact) mass is 337 g/mol. The summed E-state index contributed by atoms with van der Waals surface area (Å²) in [6, 6.07) is 27.6. The fraction of sp³-hybridized carbons (Fsp3) is 0.0833. The van der Waals surface area contributed by atoms with E-state index in [2.05, 4.69) is 11.1 Å². The first-order valence-corrected chi connectivity index (χ1v) is 8.73. The Morgan fingerprint density at radius 1 is 0.846 bits per heavy atom. The number of hydrogen-bond acceptors (Lipinski definition) is 2. The lowest BCUT2D eigenvalue weighted by Crippen LogP contribution is -2.15. The van der Waals surface area contributed by atoms with Gasteiger partial charge in [-0.2, -0.15) is 0 Å². The molecule has 1 unspecified atom stereocenters. The van der Waals surface area contributed by atoms with Gasteiger partial charge in [-0.1, -0.05) is 78.9 Å². The topological polar surface area (TPSA) is 30.0 Å². The Kier molecular flexibility index (Phi) is 4.32. The number of fused-ring (bicyclic) bond motifs is 1. The van der Waals surface area contributed by atoms with Gasteiger partial charge in [0, 0.05) is 17.1 Å². The highest BCUT2D eigenvalue weighted by Gasteiger charge is 2.26. The molecule has 0 aliphatic rings. The van der Waals surface area contributed by atoms with Crippen LogP contribution in [0.3, 0.4) is 0 Å². The van der Waals surface area contributed by atoms with Crippen LogP contribution in [-0.4, -0.2) is 10.8 Å². The highest BCUT2D eigenvalue weighted by molar-refractivity contribution is 6.05. The average Bonchev–Trinajstić information content (AvgIpc) is 2.69. The van der Waals surface area contributed by atoms with Crippen LogP contribution in [-0.2, 0) is 0 Å². The van der Waals surface area contributed by atoms with Crippen LogP contribution in [0.25, 0.3) is 10.9 Å². The molecule has 1 atom stereocenters. The van der Waals surface area contributed by atoms with Gasteiger partial charge in [-0.05, 0) is 29.7 Å². The molecule has 2 heteroatoms. The van der Waals surface area contributed by atoms with E-state index in [1.54, 1.807) is 0 Å². The molecule has 0 amide bonds. The summed E-state index contributed by atoms with van der Waals surface area (Å²) < 4.78 is 0. The number of aromatic nitrogens is 1. The van der Waals surface area contributed by atoms with Crippen molar-refractivity contribution in [2.24, 2.45) is 0 Å². The molecule has 0 aliphatic heterocycles. The average molecular weight is 337 g/mol. The number of pyridine rings is 1. The van der Waals surface area contributed by atoms with Gasteiger partial charge in [0.15, 0.2) is 5.78 Å². The third-order valence-corrected chi connectivity index (χ3v) is 4.64. The number of benzene rings is 3. The summed E-state index contributed by atoms with van der Waals surface area (Å²) in [6.45, 7) is 2.03. The zero-order chi connectivity index (χ0) is 17.9. The number of rotatable bonds is 4. The number of ketones is 1. The summed E-state index contributed by atoms with van der Waals surface area (Å²) in [4.78, 5) is 18.1. The van der Waals surface area contributed by atoms with Crippen molar-refractivity contribution in [2.45, 2.75) is 12.8 Å². The molecule has 0 saturated heterocycles. The maximum atomic E-state index is 13.4. The van der Waals surface area contributed by atoms with Crippen molar-refractivity contribution in [1.82, 2.24) is 4.98 Å². The Labute approximate surface area is 153 Å². The molecule has 0 spiro atoms. The number of nitrogens with zero attached hydrogens (tertiary/aromatic N) is 1. The Balaban J connectivity index is 1.94. The fourth-order valence-corrected chi connectivity index (χ4v) is 3.41. The van der Waals surface area contributed by atoms with Crippen LogP contribution < -0.4 is 0 Å². The molecule has 1 heterocycles. The van der Waals surface area contributed by atoms with Crippen LogP contribution in [0.1, 0.15) is 33.0 Å². The smallest absolute Gasteiger partial charge is 0.174 e. The van der Waals surface area contributed by atoms with E-state index < -0.39 is 0 Å². The van der Waals surface area contributed by atoms with Crippen molar-refractivity contribution >= 4 is 16.7 Å². The van der Waals surface area contributed by atoms with E-state index in [0.29, 0.717) is 5.56 Å². The normalized spacial score (nSPS) is 12.0. The van der Waals surface area contributed by atoms with Crippen molar-refractivity contribution in [3.8, 4) is 0 Å². The number of aryl methyl sites for hydroxylation is 1. The third kappa shape index (κ3) is 3.02. The van der Waals surface area contributed by atoms with Gasteiger partial charge in [-0.25, -0.2) is 0 Å². The molecule has 4 aromatic rings. The molecule has 0 radical (unpaired) electrons. The van der Waals surface area contributed by atoms with Crippen LogP contribution in [0.5, 0.6) is 0 Å². The van der Waals surface area contributed by atoms with Crippen LogP contribution >= 0.6 is 0 Å². The van der Waals surface area contributed by atoms with Gasteiger partial charge >= 0.3 is 0 Å². The second-order valence-corrected chi connectivity index (χ2v) is 6.51. The number of Topliss-reactive ketones (excluding diaryl/α,β-unsaturated/α-hetero) is 1. The van der Waals surface area contributed by atoms with Crippen molar-refractivity contribution in [3.63, 3.8) is 0 Å². The molecule has 0 bridgehead atoms. The lowest BCUT2D eigenvalue weighted by Gasteiger charge is -2.19. The Morgan fingerprint density at radius 2 is 1.54 bits per heavy atom. The highest BCUT2D eigenvalue weighted by Crippen LogP contribution is 2.32. The van der Waals surface area contributed by atoms with Crippen LogP contribution in [0, 0.1) is 6.92 Å². The molecular formula is C24H19NO. The molecule has 2 nitrogen and oxygen atoms in total. The first kappa shape index (κ1) is 16.2. The van der Waals surface area contributed by atoms with Crippen molar-refractivity contribution in [3.05, 3.63) is 113 Å². The lowest BCUT2D eigenvalue weighted by molar-refractivity contribution is 0.0974. The van der Waals surface area contributed by atoms with Gasteiger partial charge in [-0.3, -0.25) is 9.78 Å². The third-order valence-electron chi connectivity index (χ3n) is 4.64. The summed E-state index contributed by atoms with van der Waals surface area (Å²) >= 11 is 0. The van der Waals surface area contributed by atoms with Gasteiger partial charge in [0.05, 0.1) is 11.4 Å². The Hall–Kier alpha value is -3.26. The van der Waals surface area contributed by atoms with Crippen molar-refractivity contribution < 1.29 is 4.79 Å². The summed E-state index contributed by atoms with van der Waals surface area (Å²) in [7, 11) is 0. The molecule has 0 aliphatic carbocycles. The molecule has 26 heavy (non-hydrogen) atoms. The van der Waals surface area contributed by atoms with Crippen LogP contribution in [0.2, 0.25) is 0 Å². The van der Waals surface area contributed by atoms with E-state index in [9.17, 15) is 4.79 Å². The minimum absolute atomic E-state index is 0.0895. The number of hydrogen-bond donors (Lipinski definition) is 0. The maximum Gasteiger partial charge on any atom is 0.174 e. The van der Waals surface area contributed by atoms with E-state index in [1.807, 2.05) is 92.0 Å². The van der Waals surface area contributed by atoms with E-state index in [1.165, 1.54) is 0 Å². The van der Waals surface area contributed by atoms with E-state index in [0.717, 1.165) is 27.6 Å². The number of carbonyl (C=O) groups is 1. The second-order valence-electron chi connectivity index (χ2n) is 6.51. The molecule has 0 N–H and O–H groups in total. The Bertz CT molecular complexity index is 1060. The minimum atomic E-state index is -0.377. The van der Waals surface area contributed by atoms with Gasteiger partial charge < -0.3 is 0 Å². The standard InChI is InChI=1S/C24H19NO/c1-17-15-20-13-8-14-21(23(20)25-16-17)22(18-9-4-2-5-10-18)24(26)19-11-6-3-7-12-19/h2-16,22H,1H3. The molecular weight excluding hydrogens is 318 g/mol. The first-order valence-electron chi connectivity index (χ1n) is 8.73. The van der Waals surface area contributed by atoms with Crippen molar-refractivity contribution in [2.75, 3.05) is 0 Å². The number of para-hydroxylation sites is 1. The zero-order valence-corrected chi connectivity index (χ0v) is 14.6. The molecule has 4 rings (SSSR count). The van der Waals surface area contributed by atoms with Gasteiger partial charge in [0.2, 0.25) is 0 Å². The predicted molar refractivity (Wildman–Crippen MR) is 106 cm³/mol. The Morgan fingerprint density at radius 3 is 2.27 bits per heavy atom. The molecule has 1 aromatic heterocycles. The van der Waals surface area contributed by atoms with Crippen LogP contribution in [0.4, 0.5) is 0 Å². The molecule has 3 aromatic carbocycles. The summed E-state index contributed by atoms with van der Waals surface area (Å²) in [5.41, 5.74) is 4.64. The maximum absolute atomic E-state index is 13.4. The summed E-state index contributed by atoms with van der Waals surface area (Å²) in [5, 5.41) is 1.06. The molecule has 126 valence electrons. The molecule has 0 saturated carbocycles.